The number of nitrogens with one attached hydrogen (secondary N) is 3. The van der Waals surface area contributed by atoms with Gasteiger partial charge in [0.05, 0.1) is 0 Å². The molecule has 0 atom stereocenters. The van der Waals surface area contributed by atoms with Crippen molar-refractivity contribution in [1.29, 1.82) is 0 Å². The van der Waals surface area contributed by atoms with Gasteiger partial charge in [-0.25, -0.2) is 10.2 Å². The molecule has 3 N–H and O–H groups in total. The van der Waals surface area contributed by atoms with Crippen molar-refractivity contribution in [2.75, 3.05) is 5.32 Å². The number of aryl methyl sites for hydroxylation is 1. The van der Waals surface area contributed by atoms with E-state index in [4.69, 9.17) is 11.6 Å². The maximum Gasteiger partial charge on any atom is 0.337 e. The lowest BCUT2D eigenvalue weighted by Crippen LogP contribution is -2.44. The van der Waals surface area contributed by atoms with Crippen molar-refractivity contribution in [3.05, 3.63) is 64.7 Å². The Morgan fingerprint density at radius 2 is 1.62 bits per heavy atom. The quantitative estimate of drug-likeness (QED) is 0.746. The summed E-state index contributed by atoms with van der Waals surface area (Å²) in [5.41, 5.74) is 6.54. The molecule has 0 bridgehead atoms. The molecule has 0 aliphatic carbocycles. The Hall–Kier alpha value is -2.53. The second kappa shape index (κ2) is 6.76. The number of carbonyl (C=O) groups is 2. The molecule has 0 unspecified atom stereocenters. The summed E-state index contributed by atoms with van der Waals surface area (Å²) in [4.78, 5) is 23.5. The molecule has 3 amide bonds. The van der Waals surface area contributed by atoms with Crippen LogP contribution >= 0.6 is 11.6 Å². The van der Waals surface area contributed by atoms with Crippen molar-refractivity contribution in [3.63, 3.8) is 0 Å². The Bertz CT molecular complexity index is 656. The molecule has 0 saturated carbocycles. The van der Waals surface area contributed by atoms with Crippen LogP contribution in [0, 0.1) is 6.92 Å². The first-order valence-corrected chi connectivity index (χ1v) is 6.62. The highest BCUT2D eigenvalue weighted by Gasteiger charge is 2.09. The van der Waals surface area contributed by atoms with Gasteiger partial charge in [0.15, 0.2) is 0 Å². The van der Waals surface area contributed by atoms with E-state index in [0.29, 0.717) is 16.3 Å². The van der Waals surface area contributed by atoms with Crippen molar-refractivity contribution < 1.29 is 9.59 Å². The minimum Gasteiger partial charge on any atom is -0.307 e. The van der Waals surface area contributed by atoms with Crippen molar-refractivity contribution in [2.24, 2.45) is 0 Å². The van der Waals surface area contributed by atoms with Gasteiger partial charge < -0.3 is 5.32 Å². The molecule has 2 rings (SSSR count). The summed E-state index contributed by atoms with van der Waals surface area (Å²) in [6.45, 7) is 1.82. The van der Waals surface area contributed by atoms with Crippen molar-refractivity contribution in [1.82, 2.24) is 10.9 Å². The maximum absolute atomic E-state index is 11.9. The highest BCUT2D eigenvalue weighted by atomic mass is 35.5. The van der Waals surface area contributed by atoms with Crippen molar-refractivity contribution >= 4 is 29.2 Å². The summed E-state index contributed by atoms with van der Waals surface area (Å²) in [7, 11) is 0. The number of benzene rings is 2. The Labute approximate surface area is 127 Å². The summed E-state index contributed by atoms with van der Waals surface area (Å²) in [5.74, 6) is -0.376. The van der Waals surface area contributed by atoms with Gasteiger partial charge in [0.25, 0.3) is 5.91 Å². The fraction of sp³-hybridized carbons (Fsp3) is 0.0667. The summed E-state index contributed by atoms with van der Waals surface area (Å²) in [6.07, 6.45) is 0. The summed E-state index contributed by atoms with van der Waals surface area (Å²) in [5, 5.41) is 3.14. The fourth-order valence-corrected chi connectivity index (χ4v) is 1.83. The fourth-order valence-electron chi connectivity index (χ4n) is 1.70. The van der Waals surface area contributed by atoms with Crippen LogP contribution in [0.15, 0.2) is 48.5 Å². The first-order chi connectivity index (χ1) is 10.1. The predicted octanol–water partition coefficient (Wildman–Crippen LogP) is 3.11. The minimum atomic E-state index is -0.542. The van der Waals surface area contributed by atoms with E-state index in [0.717, 1.165) is 5.56 Å². The van der Waals surface area contributed by atoms with Crippen LogP contribution in [0.4, 0.5) is 10.5 Å². The van der Waals surface area contributed by atoms with Crippen LogP contribution in [0.1, 0.15) is 15.9 Å². The molecule has 6 heteroatoms. The number of anilines is 1. The van der Waals surface area contributed by atoms with Gasteiger partial charge in [0.2, 0.25) is 0 Å². The summed E-state index contributed by atoms with van der Waals surface area (Å²) >= 11 is 5.75. The van der Waals surface area contributed by atoms with E-state index in [9.17, 15) is 9.59 Å². The van der Waals surface area contributed by atoms with Gasteiger partial charge >= 0.3 is 6.03 Å². The number of hydrazine groups is 1. The van der Waals surface area contributed by atoms with E-state index in [1.54, 1.807) is 36.4 Å². The average molecular weight is 304 g/mol. The lowest BCUT2D eigenvalue weighted by Gasteiger charge is -2.10. The molecule has 0 heterocycles. The molecule has 108 valence electrons. The average Bonchev–Trinajstić information content (AvgIpc) is 2.48. The van der Waals surface area contributed by atoms with Gasteiger partial charge in [-0.15, -0.1) is 0 Å². The van der Waals surface area contributed by atoms with Crippen LogP contribution in [-0.4, -0.2) is 11.9 Å². The Kier molecular flexibility index (Phi) is 4.79. The Morgan fingerprint density at radius 3 is 2.29 bits per heavy atom. The molecular formula is C15H14ClN3O2. The van der Waals surface area contributed by atoms with Gasteiger partial charge in [0.1, 0.15) is 0 Å². The molecule has 21 heavy (non-hydrogen) atoms. The molecule has 0 aliphatic heterocycles. The van der Waals surface area contributed by atoms with Gasteiger partial charge in [0, 0.05) is 16.3 Å². The molecule has 0 spiro atoms. The normalized spacial score (nSPS) is 9.81. The van der Waals surface area contributed by atoms with Gasteiger partial charge in [-0.1, -0.05) is 29.8 Å². The lowest BCUT2D eigenvalue weighted by atomic mass is 10.1. The molecule has 2 aromatic carbocycles. The van der Waals surface area contributed by atoms with E-state index in [1.807, 2.05) is 19.1 Å². The number of rotatable bonds is 2. The van der Waals surface area contributed by atoms with Gasteiger partial charge in [-0.2, -0.15) is 0 Å². The second-order valence-corrected chi connectivity index (χ2v) is 4.79. The van der Waals surface area contributed by atoms with E-state index >= 15 is 0 Å². The summed E-state index contributed by atoms with van der Waals surface area (Å²) in [6, 6.07) is 13.2. The Morgan fingerprint density at radius 1 is 0.952 bits per heavy atom. The van der Waals surface area contributed by atoms with E-state index in [-0.39, 0.29) is 5.91 Å². The number of hydrogen-bond donors (Lipinski definition) is 3. The molecule has 0 saturated heterocycles. The molecular weight excluding hydrogens is 290 g/mol. The number of carbonyl (C=O) groups excluding carboxylic acids is 2. The highest BCUT2D eigenvalue weighted by molar-refractivity contribution is 6.30. The summed E-state index contributed by atoms with van der Waals surface area (Å²) < 4.78 is 0. The zero-order valence-electron chi connectivity index (χ0n) is 11.3. The third-order valence-corrected chi connectivity index (χ3v) is 3.03. The van der Waals surface area contributed by atoms with Crippen LogP contribution in [0.5, 0.6) is 0 Å². The number of hydrogen-bond acceptors (Lipinski definition) is 2. The smallest absolute Gasteiger partial charge is 0.307 e. The van der Waals surface area contributed by atoms with E-state index in [1.165, 1.54) is 0 Å². The monoisotopic (exact) mass is 303 g/mol. The van der Waals surface area contributed by atoms with Crippen LogP contribution < -0.4 is 16.2 Å². The number of halogens is 1. The van der Waals surface area contributed by atoms with Crippen LogP contribution in [-0.2, 0) is 0 Å². The van der Waals surface area contributed by atoms with Crippen LogP contribution in [0.3, 0.4) is 0 Å². The first-order valence-electron chi connectivity index (χ1n) is 6.25. The topological polar surface area (TPSA) is 70.2 Å². The maximum atomic E-state index is 11.9. The third-order valence-electron chi connectivity index (χ3n) is 2.78. The third kappa shape index (κ3) is 4.22. The second-order valence-electron chi connectivity index (χ2n) is 4.36. The molecule has 0 fully saturated rings. The minimum absolute atomic E-state index is 0.376. The van der Waals surface area contributed by atoms with Crippen LogP contribution in [0.2, 0.25) is 5.02 Å². The first kappa shape index (κ1) is 14.9. The number of amides is 3. The molecule has 0 radical (unpaired) electrons. The van der Waals surface area contributed by atoms with Gasteiger partial charge in [-0.3, -0.25) is 10.2 Å². The SMILES string of the molecule is Cc1ccccc1C(=O)NNC(=O)Nc1ccc(Cl)cc1. The highest BCUT2D eigenvalue weighted by Crippen LogP contribution is 2.13. The molecule has 5 nitrogen and oxygen atoms in total. The van der Waals surface area contributed by atoms with Crippen LogP contribution in [0.25, 0.3) is 0 Å². The van der Waals surface area contributed by atoms with Crippen molar-refractivity contribution in [2.45, 2.75) is 6.92 Å². The predicted molar refractivity (Wildman–Crippen MR) is 82.3 cm³/mol. The molecule has 2 aromatic rings. The van der Waals surface area contributed by atoms with E-state index in [2.05, 4.69) is 16.2 Å². The zero-order valence-corrected chi connectivity index (χ0v) is 12.1. The van der Waals surface area contributed by atoms with E-state index < -0.39 is 6.03 Å². The molecule has 0 aromatic heterocycles. The Balaban J connectivity index is 1.88. The lowest BCUT2D eigenvalue weighted by molar-refractivity contribution is 0.0937. The molecule has 0 aliphatic rings. The largest absolute Gasteiger partial charge is 0.337 e. The number of urea groups is 1. The standard InChI is InChI=1S/C15H14ClN3O2/c1-10-4-2-3-5-13(10)14(20)18-19-15(21)17-12-8-6-11(16)7-9-12/h2-9H,1H3,(H,18,20)(H2,17,19,21). The zero-order chi connectivity index (χ0) is 15.2. The van der Waals surface area contributed by atoms with Crippen molar-refractivity contribution in [3.8, 4) is 0 Å². The van der Waals surface area contributed by atoms with Gasteiger partial charge in [-0.05, 0) is 42.8 Å².